The normalized spacial score (nSPS) is 11.0. The molecule has 188 valence electrons. The quantitative estimate of drug-likeness (QED) is 0.144. The van der Waals surface area contributed by atoms with Crippen molar-refractivity contribution in [2.45, 2.75) is 24.7 Å². The maximum Gasteiger partial charge on any atom is 0.214 e. The Morgan fingerprint density at radius 2 is 1.92 bits per heavy atom. The van der Waals surface area contributed by atoms with E-state index in [1.165, 1.54) is 0 Å². The number of tetrazole rings is 1. The van der Waals surface area contributed by atoms with Crippen LogP contribution in [0.2, 0.25) is 10.0 Å². The molecule has 1 N–H and O–H groups in total. The fraction of sp³-hybridized carbons (Fsp3) is 0.240. The van der Waals surface area contributed by atoms with Gasteiger partial charge in [0.25, 0.3) is 0 Å². The molecule has 4 rings (SSSR count). The highest BCUT2D eigenvalue weighted by Gasteiger charge is 2.13. The molecule has 0 unspecified atom stereocenters. The Morgan fingerprint density at radius 3 is 2.69 bits per heavy atom. The number of ether oxygens (including phenoxy) is 2. The first kappa shape index (κ1) is 26.8. The third-order valence-electron chi connectivity index (χ3n) is 5.18. The van der Waals surface area contributed by atoms with Crippen molar-refractivity contribution >= 4 is 50.9 Å². The molecule has 11 heteroatoms. The minimum absolute atomic E-state index is 0.299. The number of hydrogen-bond donors (Lipinski definition) is 1. The molecule has 0 bridgehead atoms. The van der Waals surface area contributed by atoms with Crippen molar-refractivity contribution in [1.82, 2.24) is 25.5 Å². The molecule has 0 spiro atoms. The molecule has 1 aromatic heterocycles. The van der Waals surface area contributed by atoms with Gasteiger partial charge in [0.15, 0.2) is 11.5 Å². The summed E-state index contributed by atoms with van der Waals surface area (Å²) in [6.45, 7) is 1.85. The average Bonchev–Trinajstić information content (AvgIpc) is 3.35. The Morgan fingerprint density at radius 1 is 1.08 bits per heavy atom. The van der Waals surface area contributed by atoms with Gasteiger partial charge in [0.2, 0.25) is 5.16 Å². The van der Waals surface area contributed by atoms with Crippen molar-refractivity contribution in [2.75, 3.05) is 19.4 Å². The molecular formula is C25H24BrCl2N5O2S. The van der Waals surface area contributed by atoms with Crippen molar-refractivity contribution in [3.63, 3.8) is 0 Å². The van der Waals surface area contributed by atoms with Gasteiger partial charge >= 0.3 is 0 Å². The molecule has 0 aliphatic rings. The van der Waals surface area contributed by atoms with Crippen LogP contribution in [0.1, 0.15) is 17.5 Å². The summed E-state index contributed by atoms with van der Waals surface area (Å²) < 4.78 is 14.2. The summed E-state index contributed by atoms with van der Waals surface area (Å²) in [5, 5.41) is 17.5. The molecule has 1 heterocycles. The van der Waals surface area contributed by atoms with Crippen LogP contribution in [0.4, 0.5) is 0 Å². The molecule has 0 atom stereocenters. The van der Waals surface area contributed by atoms with Crippen molar-refractivity contribution in [3.8, 4) is 17.2 Å². The number of nitrogens with zero attached hydrogens (tertiary/aromatic N) is 4. The van der Waals surface area contributed by atoms with Gasteiger partial charge in [0.1, 0.15) is 6.61 Å². The predicted octanol–water partition coefficient (Wildman–Crippen LogP) is 6.59. The summed E-state index contributed by atoms with van der Waals surface area (Å²) in [6, 6.07) is 19.2. The highest BCUT2D eigenvalue weighted by atomic mass is 79.9. The van der Waals surface area contributed by atoms with Crippen LogP contribution in [0.25, 0.3) is 5.69 Å². The van der Waals surface area contributed by atoms with Gasteiger partial charge < -0.3 is 14.8 Å². The second kappa shape index (κ2) is 13.3. The standard InChI is InChI=1S/C25H24BrCl2N5O2S/c1-34-23-13-17(12-21(26)24(23)35-16-18-8-9-19(27)14-22(18)28)15-29-10-5-11-36-25-30-31-32-33(25)20-6-3-2-4-7-20/h2-4,6-9,12-14,29H,5,10-11,15-16H2,1H3. The van der Waals surface area contributed by atoms with Crippen LogP contribution in [0.15, 0.2) is 70.3 Å². The SMILES string of the molecule is COc1cc(CNCCCSc2nnnn2-c2ccccc2)cc(Br)c1OCc1ccc(Cl)cc1Cl. The largest absolute Gasteiger partial charge is 0.493 e. The molecule has 0 amide bonds. The fourth-order valence-corrected chi connectivity index (χ4v) is 5.29. The summed E-state index contributed by atoms with van der Waals surface area (Å²) in [7, 11) is 1.63. The fourth-order valence-electron chi connectivity index (χ4n) is 3.40. The average molecular weight is 609 g/mol. The van der Waals surface area contributed by atoms with Gasteiger partial charge in [-0.1, -0.05) is 59.2 Å². The van der Waals surface area contributed by atoms with Crippen molar-refractivity contribution in [1.29, 1.82) is 0 Å². The lowest BCUT2D eigenvalue weighted by Crippen LogP contribution is -2.15. The van der Waals surface area contributed by atoms with Crippen LogP contribution in [-0.4, -0.2) is 39.6 Å². The van der Waals surface area contributed by atoms with E-state index in [-0.39, 0.29) is 0 Å². The summed E-state index contributed by atoms with van der Waals surface area (Å²) in [6.07, 6.45) is 0.966. The third-order valence-corrected chi connectivity index (χ3v) is 7.36. The number of methoxy groups -OCH3 is 1. The Hall–Kier alpha value is -2.30. The minimum atomic E-state index is 0.299. The van der Waals surface area contributed by atoms with E-state index < -0.39 is 0 Å². The van der Waals surface area contributed by atoms with Crippen molar-refractivity contribution in [2.24, 2.45) is 0 Å². The predicted molar refractivity (Wildman–Crippen MR) is 148 cm³/mol. The second-order valence-electron chi connectivity index (χ2n) is 7.72. The molecule has 0 saturated carbocycles. The van der Waals surface area contributed by atoms with Gasteiger partial charge in [-0.05, 0) is 81.3 Å². The van der Waals surface area contributed by atoms with Crippen LogP contribution < -0.4 is 14.8 Å². The number of aromatic nitrogens is 4. The van der Waals surface area contributed by atoms with Gasteiger partial charge in [-0.15, -0.1) is 5.10 Å². The molecule has 0 aliphatic heterocycles. The number of para-hydroxylation sites is 1. The van der Waals surface area contributed by atoms with Crippen LogP contribution in [0.3, 0.4) is 0 Å². The van der Waals surface area contributed by atoms with E-state index in [9.17, 15) is 0 Å². The molecule has 0 radical (unpaired) electrons. The molecule has 0 aliphatic carbocycles. The van der Waals surface area contributed by atoms with Gasteiger partial charge in [0, 0.05) is 27.9 Å². The van der Waals surface area contributed by atoms with Gasteiger partial charge in [-0.3, -0.25) is 0 Å². The number of hydrogen-bond acceptors (Lipinski definition) is 7. The molecule has 36 heavy (non-hydrogen) atoms. The van der Waals surface area contributed by atoms with E-state index >= 15 is 0 Å². The minimum Gasteiger partial charge on any atom is -0.493 e. The lowest BCUT2D eigenvalue weighted by Gasteiger charge is -2.15. The molecule has 0 saturated heterocycles. The van der Waals surface area contributed by atoms with Crippen molar-refractivity contribution in [3.05, 3.63) is 86.3 Å². The van der Waals surface area contributed by atoms with E-state index in [1.54, 1.807) is 35.7 Å². The zero-order valence-electron chi connectivity index (χ0n) is 19.5. The Labute approximate surface area is 232 Å². The van der Waals surface area contributed by atoms with E-state index in [2.05, 4.69) is 36.8 Å². The highest BCUT2D eigenvalue weighted by Crippen LogP contribution is 2.37. The first-order chi connectivity index (χ1) is 17.5. The Kier molecular flexibility index (Phi) is 9.89. The van der Waals surface area contributed by atoms with Gasteiger partial charge in [-0.25, -0.2) is 0 Å². The first-order valence-corrected chi connectivity index (χ1v) is 13.7. The maximum atomic E-state index is 6.26. The van der Waals surface area contributed by atoms with Crippen molar-refractivity contribution < 1.29 is 9.47 Å². The number of thioether (sulfide) groups is 1. The lowest BCUT2D eigenvalue weighted by atomic mass is 10.2. The molecular weight excluding hydrogens is 585 g/mol. The smallest absolute Gasteiger partial charge is 0.214 e. The molecule has 4 aromatic rings. The molecule has 7 nitrogen and oxygen atoms in total. The maximum absolute atomic E-state index is 6.26. The summed E-state index contributed by atoms with van der Waals surface area (Å²) in [4.78, 5) is 0. The van der Waals surface area contributed by atoms with Crippen LogP contribution in [-0.2, 0) is 13.2 Å². The first-order valence-electron chi connectivity index (χ1n) is 11.2. The number of halogens is 3. The number of rotatable bonds is 12. The molecule has 3 aromatic carbocycles. The zero-order valence-corrected chi connectivity index (χ0v) is 23.4. The second-order valence-corrected chi connectivity index (χ2v) is 10.5. The van der Waals surface area contributed by atoms with E-state index in [1.807, 2.05) is 48.5 Å². The highest BCUT2D eigenvalue weighted by molar-refractivity contribution is 9.10. The van der Waals surface area contributed by atoms with E-state index in [0.29, 0.717) is 34.7 Å². The van der Waals surface area contributed by atoms with E-state index in [0.717, 1.165) is 45.2 Å². The monoisotopic (exact) mass is 607 g/mol. The summed E-state index contributed by atoms with van der Waals surface area (Å²) in [5.41, 5.74) is 2.87. The Bertz CT molecular complexity index is 1290. The molecule has 0 fully saturated rings. The van der Waals surface area contributed by atoms with Gasteiger partial charge in [-0.2, -0.15) is 4.68 Å². The summed E-state index contributed by atoms with van der Waals surface area (Å²) >= 11 is 17.5. The van der Waals surface area contributed by atoms with Crippen LogP contribution in [0.5, 0.6) is 11.5 Å². The van der Waals surface area contributed by atoms with Crippen LogP contribution in [0, 0.1) is 0 Å². The van der Waals surface area contributed by atoms with Gasteiger partial charge in [0.05, 0.1) is 17.3 Å². The summed E-state index contributed by atoms with van der Waals surface area (Å²) in [5.74, 6) is 2.17. The lowest BCUT2D eigenvalue weighted by molar-refractivity contribution is 0.282. The van der Waals surface area contributed by atoms with Crippen LogP contribution >= 0.6 is 50.9 Å². The van der Waals surface area contributed by atoms with E-state index in [4.69, 9.17) is 32.7 Å². The topological polar surface area (TPSA) is 74.1 Å². The number of nitrogens with one attached hydrogen (secondary N) is 1. The third kappa shape index (κ3) is 7.14. The Balaban J connectivity index is 1.25. The number of benzene rings is 3. The zero-order chi connectivity index (χ0) is 25.3.